The van der Waals surface area contributed by atoms with Gasteiger partial charge in [0.2, 0.25) is 0 Å². The molecule has 1 atom stereocenters. The van der Waals surface area contributed by atoms with Crippen molar-refractivity contribution in [3.8, 4) is 11.5 Å². The van der Waals surface area contributed by atoms with Crippen LogP contribution in [0.25, 0.3) is 0 Å². The Hall–Kier alpha value is -1.46. The van der Waals surface area contributed by atoms with Crippen molar-refractivity contribution in [2.24, 2.45) is 11.7 Å². The molecule has 1 saturated heterocycles. The summed E-state index contributed by atoms with van der Waals surface area (Å²) in [4.78, 5) is 14.2. The van der Waals surface area contributed by atoms with Gasteiger partial charge in [0.25, 0.3) is 5.91 Å². The molecule has 2 aliphatic rings. The number of halogens is 1. The van der Waals surface area contributed by atoms with Gasteiger partial charge in [0.1, 0.15) is 13.2 Å². The minimum absolute atomic E-state index is 0. The molecule has 2 heterocycles. The summed E-state index contributed by atoms with van der Waals surface area (Å²) >= 11 is 0. The zero-order chi connectivity index (χ0) is 13.2. The van der Waals surface area contributed by atoms with Crippen LogP contribution < -0.4 is 15.2 Å². The average molecular weight is 299 g/mol. The maximum absolute atomic E-state index is 12.4. The van der Waals surface area contributed by atoms with Crippen LogP contribution in [0.5, 0.6) is 11.5 Å². The summed E-state index contributed by atoms with van der Waals surface area (Å²) in [7, 11) is 0. The first-order valence-corrected chi connectivity index (χ1v) is 6.67. The highest BCUT2D eigenvalue weighted by Crippen LogP contribution is 2.31. The topological polar surface area (TPSA) is 64.8 Å². The van der Waals surface area contributed by atoms with Crippen LogP contribution in [-0.4, -0.2) is 43.7 Å². The molecule has 2 N–H and O–H groups in total. The van der Waals surface area contributed by atoms with Crippen molar-refractivity contribution in [2.45, 2.75) is 6.42 Å². The molecule has 1 unspecified atom stereocenters. The molecular formula is C14H19ClN2O3. The van der Waals surface area contributed by atoms with Crippen LogP contribution >= 0.6 is 12.4 Å². The zero-order valence-corrected chi connectivity index (χ0v) is 12.0. The lowest BCUT2D eigenvalue weighted by Crippen LogP contribution is -2.30. The van der Waals surface area contributed by atoms with Gasteiger partial charge in [0.15, 0.2) is 11.5 Å². The molecular weight excluding hydrogens is 280 g/mol. The second kappa shape index (κ2) is 6.33. The van der Waals surface area contributed by atoms with E-state index >= 15 is 0 Å². The zero-order valence-electron chi connectivity index (χ0n) is 11.2. The monoisotopic (exact) mass is 298 g/mol. The Balaban J connectivity index is 0.00000147. The van der Waals surface area contributed by atoms with E-state index in [-0.39, 0.29) is 18.3 Å². The van der Waals surface area contributed by atoms with Gasteiger partial charge in [-0.3, -0.25) is 4.79 Å². The number of amides is 1. The van der Waals surface area contributed by atoms with Gasteiger partial charge in [-0.1, -0.05) is 0 Å². The SMILES string of the molecule is Cl.NCC1CCN(C(=O)c2ccc3c(c2)OCCO3)C1. The maximum Gasteiger partial charge on any atom is 0.254 e. The Morgan fingerprint density at radius 2 is 2.05 bits per heavy atom. The van der Waals surface area contributed by atoms with E-state index in [1.165, 1.54) is 0 Å². The van der Waals surface area contributed by atoms with Crippen LogP contribution in [0, 0.1) is 5.92 Å². The van der Waals surface area contributed by atoms with E-state index in [2.05, 4.69) is 0 Å². The molecule has 5 nitrogen and oxygen atoms in total. The number of hydrogen-bond acceptors (Lipinski definition) is 4. The van der Waals surface area contributed by atoms with Crippen LogP contribution in [0.3, 0.4) is 0 Å². The minimum Gasteiger partial charge on any atom is -0.486 e. The summed E-state index contributed by atoms with van der Waals surface area (Å²) < 4.78 is 11.0. The Bertz CT molecular complexity index is 495. The third kappa shape index (κ3) is 2.83. The third-order valence-corrected chi connectivity index (χ3v) is 3.70. The number of hydrogen-bond donors (Lipinski definition) is 1. The number of carbonyl (C=O) groups excluding carboxylic acids is 1. The molecule has 0 aliphatic carbocycles. The molecule has 1 amide bonds. The van der Waals surface area contributed by atoms with Gasteiger partial charge in [-0.2, -0.15) is 0 Å². The molecule has 1 aromatic rings. The van der Waals surface area contributed by atoms with E-state index in [4.69, 9.17) is 15.2 Å². The molecule has 1 aromatic carbocycles. The van der Waals surface area contributed by atoms with E-state index in [1.807, 2.05) is 4.90 Å². The fourth-order valence-corrected chi connectivity index (χ4v) is 2.57. The van der Waals surface area contributed by atoms with E-state index in [1.54, 1.807) is 18.2 Å². The predicted octanol–water partition coefficient (Wildman–Crippen LogP) is 1.30. The van der Waals surface area contributed by atoms with Crippen LogP contribution in [0.1, 0.15) is 16.8 Å². The molecule has 3 rings (SSSR count). The molecule has 6 heteroatoms. The summed E-state index contributed by atoms with van der Waals surface area (Å²) in [6.07, 6.45) is 0.993. The highest BCUT2D eigenvalue weighted by atomic mass is 35.5. The smallest absolute Gasteiger partial charge is 0.254 e. The van der Waals surface area contributed by atoms with Gasteiger partial charge in [-0.25, -0.2) is 0 Å². The first-order chi connectivity index (χ1) is 9.28. The van der Waals surface area contributed by atoms with E-state index in [0.717, 1.165) is 19.5 Å². The predicted molar refractivity (Wildman–Crippen MR) is 77.7 cm³/mol. The molecule has 0 saturated carbocycles. The fraction of sp³-hybridized carbons (Fsp3) is 0.500. The number of carbonyl (C=O) groups is 1. The second-order valence-electron chi connectivity index (χ2n) is 5.00. The highest BCUT2D eigenvalue weighted by molar-refractivity contribution is 5.95. The molecule has 0 radical (unpaired) electrons. The Morgan fingerprint density at radius 3 is 2.75 bits per heavy atom. The van der Waals surface area contributed by atoms with Crippen LogP contribution in [-0.2, 0) is 0 Å². The number of likely N-dealkylation sites (tertiary alicyclic amines) is 1. The summed E-state index contributed by atoms with van der Waals surface area (Å²) in [5.74, 6) is 1.85. The van der Waals surface area contributed by atoms with Crippen LogP contribution in [0.2, 0.25) is 0 Å². The second-order valence-corrected chi connectivity index (χ2v) is 5.00. The maximum atomic E-state index is 12.4. The number of ether oxygens (including phenoxy) is 2. The van der Waals surface area contributed by atoms with Crippen molar-refractivity contribution in [3.05, 3.63) is 23.8 Å². The lowest BCUT2D eigenvalue weighted by Gasteiger charge is -2.20. The van der Waals surface area contributed by atoms with Gasteiger partial charge in [0.05, 0.1) is 0 Å². The molecule has 20 heavy (non-hydrogen) atoms. The molecule has 0 spiro atoms. The summed E-state index contributed by atoms with van der Waals surface area (Å²) in [6, 6.07) is 5.37. The fourth-order valence-electron chi connectivity index (χ4n) is 2.57. The first kappa shape index (κ1) is 14.9. The number of nitrogens with zero attached hydrogens (tertiary/aromatic N) is 1. The van der Waals surface area contributed by atoms with Crippen molar-refractivity contribution < 1.29 is 14.3 Å². The van der Waals surface area contributed by atoms with Crippen molar-refractivity contribution in [1.29, 1.82) is 0 Å². The van der Waals surface area contributed by atoms with Gasteiger partial charge < -0.3 is 20.1 Å². The van der Waals surface area contributed by atoms with Crippen molar-refractivity contribution >= 4 is 18.3 Å². The Labute approximate surface area is 124 Å². The third-order valence-electron chi connectivity index (χ3n) is 3.70. The van der Waals surface area contributed by atoms with E-state index in [0.29, 0.717) is 42.7 Å². The average Bonchev–Trinajstić information content (AvgIpc) is 2.95. The molecule has 0 aromatic heterocycles. The van der Waals surface area contributed by atoms with Gasteiger partial charge >= 0.3 is 0 Å². The lowest BCUT2D eigenvalue weighted by atomic mass is 10.1. The molecule has 2 aliphatic heterocycles. The Kier molecular flexibility index (Phi) is 4.73. The van der Waals surface area contributed by atoms with Crippen molar-refractivity contribution in [1.82, 2.24) is 4.90 Å². The molecule has 0 bridgehead atoms. The number of nitrogens with two attached hydrogens (primary N) is 1. The highest BCUT2D eigenvalue weighted by Gasteiger charge is 2.26. The lowest BCUT2D eigenvalue weighted by molar-refractivity contribution is 0.0786. The van der Waals surface area contributed by atoms with Gasteiger partial charge in [0, 0.05) is 18.7 Å². The summed E-state index contributed by atoms with van der Waals surface area (Å²) in [6.45, 7) is 3.28. The normalized spacial score (nSPS) is 20.4. The van der Waals surface area contributed by atoms with Gasteiger partial charge in [-0.05, 0) is 37.1 Å². The van der Waals surface area contributed by atoms with Gasteiger partial charge in [-0.15, -0.1) is 12.4 Å². The van der Waals surface area contributed by atoms with E-state index in [9.17, 15) is 4.79 Å². The number of fused-ring (bicyclic) bond motifs is 1. The standard InChI is InChI=1S/C14H18N2O3.ClH/c15-8-10-3-4-16(9-10)14(17)11-1-2-12-13(7-11)19-6-5-18-12;/h1-2,7,10H,3-6,8-9,15H2;1H. The summed E-state index contributed by atoms with van der Waals surface area (Å²) in [5, 5.41) is 0. The number of rotatable bonds is 2. The van der Waals surface area contributed by atoms with Crippen LogP contribution in [0.4, 0.5) is 0 Å². The number of benzene rings is 1. The molecule has 1 fully saturated rings. The van der Waals surface area contributed by atoms with E-state index < -0.39 is 0 Å². The van der Waals surface area contributed by atoms with Crippen molar-refractivity contribution in [2.75, 3.05) is 32.8 Å². The summed E-state index contributed by atoms with van der Waals surface area (Å²) in [5.41, 5.74) is 6.31. The van der Waals surface area contributed by atoms with Crippen molar-refractivity contribution in [3.63, 3.8) is 0 Å². The quantitative estimate of drug-likeness (QED) is 0.894. The minimum atomic E-state index is 0. The Morgan fingerprint density at radius 1 is 1.30 bits per heavy atom. The molecule has 110 valence electrons. The first-order valence-electron chi connectivity index (χ1n) is 6.67. The largest absolute Gasteiger partial charge is 0.486 e. The van der Waals surface area contributed by atoms with Crippen LogP contribution in [0.15, 0.2) is 18.2 Å².